The van der Waals surface area contributed by atoms with Crippen molar-refractivity contribution in [3.05, 3.63) is 58.1 Å². The second-order valence-electron chi connectivity index (χ2n) is 4.54. The van der Waals surface area contributed by atoms with Crippen LogP contribution in [-0.2, 0) is 0 Å². The van der Waals surface area contributed by atoms with Crippen molar-refractivity contribution >= 4 is 17.4 Å². The van der Waals surface area contributed by atoms with Crippen LogP contribution in [-0.4, -0.2) is 5.78 Å². The smallest absolute Gasteiger partial charge is 0.163 e. The Kier molecular flexibility index (Phi) is 3.49. The fourth-order valence-electron chi connectivity index (χ4n) is 2.16. The van der Waals surface area contributed by atoms with Crippen LogP contribution in [0.4, 0.5) is 0 Å². The third kappa shape index (κ3) is 2.86. The van der Waals surface area contributed by atoms with Gasteiger partial charge in [0.1, 0.15) is 0 Å². The molecule has 0 spiro atoms. The van der Waals surface area contributed by atoms with Gasteiger partial charge in [-0.15, -0.1) is 0 Å². The van der Waals surface area contributed by atoms with Crippen LogP contribution in [0.3, 0.4) is 0 Å². The third-order valence-corrected chi connectivity index (χ3v) is 3.29. The number of Topliss-reactive ketones (excluding diaryl/α,β-unsaturated/α-hetero) is 1. The van der Waals surface area contributed by atoms with Gasteiger partial charge in [0.2, 0.25) is 0 Å². The molecule has 0 heterocycles. The maximum Gasteiger partial charge on any atom is 0.163 e. The van der Waals surface area contributed by atoms with Gasteiger partial charge in [-0.25, -0.2) is 0 Å². The number of carbonyl (C=O) groups excluding carboxylic acids is 1. The summed E-state index contributed by atoms with van der Waals surface area (Å²) in [5, 5.41) is 0.612. The third-order valence-electron chi connectivity index (χ3n) is 3.06. The number of benzene rings is 1. The van der Waals surface area contributed by atoms with E-state index in [4.69, 9.17) is 11.6 Å². The first-order valence-electron chi connectivity index (χ1n) is 5.71. The van der Waals surface area contributed by atoms with Crippen LogP contribution in [0.1, 0.15) is 30.6 Å². The lowest BCUT2D eigenvalue weighted by molar-refractivity contribution is 0.0974. The van der Waals surface area contributed by atoms with Crippen molar-refractivity contribution < 1.29 is 4.79 Å². The first kappa shape index (κ1) is 12.1. The number of allylic oxidation sites excluding steroid dienone is 4. The second kappa shape index (κ2) is 4.89. The van der Waals surface area contributed by atoms with Crippen LogP contribution < -0.4 is 0 Å². The van der Waals surface area contributed by atoms with Crippen LogP contribution in [0.5, 0.6) is 0 Å². The standard InChI is InChI=1S/C15H15ClO/c1-10-6-11(2)13(7-10)9-15(17)12-4-3-5-14(16)8-12/h3-8,13H,9H2,1-2H3. The van der Waals surface area contributed by atoms with Crippen LogP contribution in [0, 0.1) is 5.92 Å². The molecular weight excluding hydrogens is 232 g/mol. The van der Waals surface area contributed by atoms with Gasteiger partial charge in [-0.3, -0.25) is 4.79 Å². The van der Waals surface area contributed by atoms with E-state index in [0.717, 1.165) is 0 Å². The highest BCUT2D eigenvalue weighted by Crippen LogP contribution is 2.27. The molecule has 17 heavy (non-hydrogen) atoms. The summed E-state index contributed by atoms with van der Waals surface area (Å²) < 4.78 is 0. The lowest BCUT2D eigenvalue weighted by atomic mass is 9.95. The fourth-order valence-corrected chi connectivity index (χ4v) is 2.35. The molecule has 2 heteroatoms. The largest absolute Gasteiger partial charge is 0.294 e. The summed E-state index contributed by atoms with van der Waals surface area (Å²) in [6, 6.07) is 7.14. The molecule has 0 saturated heterocycles. The predicted molar refractivity (Wildman–Crippen MR) is 71.4 cm³/mol. The minimum absolute atomic E-state index is 0.149. The Hall–Kier alpha value is -1.34. The molecule has 88 valence electrons. The molecule has 1 nitrogen and oxygen atoms in total. The molecule has 1 atom stereocenters. The Morgan fingerprint density at radius 1 is 1.35 bits per heavy atom. The fraction of sp³-hybridized carbons (Fsp3) is 0.267. The van der Waals surface area contributed by atoms with E-state index in [-0.39, 0.29) is 11.7 Å². The average Bonchev–Trinajstić information content (AvgIpc) is 2.57. The first-order chi connectivity index (χ1) is 8.06. The maximum atomic E-state index is 12.1. The Morgan fingerprint density at radius 3 is 2.71 bits per heavy atom. The number of hydrogen-bond acceptors (Lipinski definition) is 1. The molecule has 0 bridgehead atoms. The average molecular weight is 247 g/mol. The van der Waals surface area contributed by atoms with Crippen LogP contribution in [0.2, 0.25) is 5.02 Å². The highest BCUT2D eigenvalue weighted by Gasteiger charge is 2.18. The van der Waals surface area contributed by atoms with Gasteiger partial charge in [0.05, 0.1) is 0 Å². The van der Waals surface area contributed by atoms with Crippen molar-refractivity contribution in [2.45, 2.75) is 20.3 Å². The second-order valence-corrected chi connectivity index (χ2v) is 4.98. The normalized spacial score (nSPS) is 18.9. The molecule has 1 aliphatic rings. The van der Waals surface area contributed by atoms with Gasteiger partial charge < -0.3 is 0 Å². The summed E-state index contributed by atoms with van der Waals surface area (Å²) in [7, 11) is 0. The maximum absolute atomic E-state index is 12.1. The van der Waals surface area contributed by atoms with Crippen LogP contribution in [0.15, 0.2) is 47.6 Å². The van der Waals surface area contributed by atoms with Crippen molar-refractivity contribution in [3.63, 3.8) is 0 Å². The molecule has 0 N–H and O–H groups in total. The molecule has 0 fully saturated rings. The van der Waals surface area contributed by atoms with Gasteiger partial charge in [0, 0.05) is 22.9 Å². The minimum atomic E-state index is 0.149. The van der Waals surface area contributed by atoms with E-state index in [1.807, 2.05) is 12.1 Å². The van der Waals surface area contributed by atoms with Gasteiger partial charge >= 0.3 is 0 Å². The number of carbonyl (C=O) groups is 1. The van der Waals surface area contributed by atoms with E-state index in [1.165, 1.54) is 11.1 Å². The molecule has 0 saturated carbocycles. The topological polar surface area (TPSA) is 17.1 Å². The van der Waals surface area contributed by atoms with Crippen LogP contribution in [0.25, 0.3) is 0 Å². The minimum Gasteiger partial charge on any atom is -0.294 e. The Morgan fingerprint density at radius 2 is 2.12 bits per heavy atom. The Labute approximate surface area is 107 Å². The Bertz CT molecular complexity index is 511. The zero-order chi connectivity index (χ0) is 12.4. The van der Waals surface area contributed by atoms with E-state index in [2.05, 4.69) is 26.0 Å². The Balaban J connectivity index is 2.11. The first-order valence-corrected chi connectivity index (χ1v) is 6.09. The molecule has 0 aromatic heterocycles. The molecule has 0 aliphatic heterocycles. The lowest BCUT2D eigenvalue weighted by Crippen LogP contribution is -2.06. The molecule has 1 aromatic carbocycles. The zero-order valence-electron chi connectivity index (χ0n) is 10.0. The summed E-state index contributed by atoms with van der Waals surface area (Å²) in [5.74, 6) is 0.401. The lowest BCUT2D eigenvalue weighted by Gasteiger charge is -2.09. The van der Waals surface area contributed by atoms with E-state index in [1.54, 1.807) is 12.1 Å². The summed E-state index contributed by atoms with van der Waals surface area (Å²) in [4.78, 5) is 12.1. The number of halogens is 1. The number of ketones is 1. The van der Waals surface area contributed by atoms with Gasteiger partial charge in [-0.05, 0) is 26.0 Å². The predicted octanol–water partition coefficient (Wildman–Crippen LogP) is 4.44. The summed E-state index contributed by atoms with van der Waals surface area (Å²) >= 11 is 5.88. The monoisotopic (exact) mass is 246 g/mol. The van der Waals surface area contributed by atoms with Crippen molar-refractivity contribution in [2.75, 3.05) is 0 Å². The van der Waals surface area contributed by atoms with E-state index in [9.17, 15) is 4.79 Å². The zero-order valence-corrected chi connectivity index (χ0v) is 10.8. The summed E-state index contributed by atoms with van der Waals surface area (Å²) in [6.07, 6.45) is 4.81. The molecule has 0 radical (unpaired) electrons. The molecule has 1 aliphatic carbocycles. The molecule has 1 unspecified atom stereocenters. The van der Waals surface area contributed by atoms with Crippen molar-refractivity contribution in [2.24, 2.45) is 5.92 Å². The van der Waals surface area contributed by atoms with Crippen LogP contribution >= 0.6 is 11.6 Å². The number of hydrogen-bond donors (Lipinski definition) is 0. The summed E-state index contributed by atoms with van der Waals surface area (Å²) in [6.45, 7) is 4.14. The number of rotatable bonds is 3. The SMILES string of the molecule is CC1=CC(CC(=O)c2cccc(Cl)c2)C(C)=C1. The molecule has 2 rings (SSSR count). The van der Waals surface area contributed by atoms with Gasteiger partial charge in [-0.2, -0.15) is 0 Å². The van der Waals surface area contributed by atoms with Crippen molar-refractivity contribution in [1.82, 2.24) is 0 Å². The van der Waals surface area contributed by atoms with E-state index >= 15 is 0 Å². The van der Waals surface area contributed by atoms with E-state index in [0.29, 0.717) is 17.0 Å². The molecular formula is C15H15ClO. The van der Waals surface area contributed by atoms with Gasteiger partial charge in [-0.1, -0.05) is 47.0 Å². The highest BCUT2D eigenvalue weighted by molar-refractivity contribution is 6.31. The molecule has 1 aromatic rings. The van der Waals surface area contributed by atoms with Gasteiger partial charge in [0.25, 0.3) is 0 Å². The van der Waals surface area contributed by atoms with Crippen molar-refractivity contribution in [1.29, 1.82) is 0 Å². The van der Waals surface area contributed by atoms with Gasteiger partial charge in [0.15, 0.2) is 5.78 Å². The van der Waals surface area contributed by atoms with Crippen molar-refractivity contribution in [3.8, 4) is 0 Å². The molecule has 0 amide bonds. The summed E-state index contributed by atoms with van der Waals surface area (Å²) in [5.41, 5.74) is 3.20. The quantitative estimate of drug-likeness (QED) is 0.721. The highest BCUT2D eigenvalue weighted by atomic mass is 35.5. The van der Waals surface area contributed by atoms with E-state index < -0.39 is 0 Å².